The quantitative estimate of drug-likeness (QED) is 0.540. The molecule has 0 aliphatic carbocycles. The minimum Gasteiger partial charge on any atom is -0.292 e. The number of fused-ring (bicyclic) bond motifs is 2. The third-order valence-corrected chi connectivity index (χ3v) is 3.85. The Kier molecular flexibility index (Phi) is 3.18. The highest BCUT2D eigenvalue weighted by Gasteiger charge is 2.14. The molecule has 0 bridgehead atoms. The summed E-state index contributed by atoms with van der Waals surface area (Å²) in [6, 6.07) is 3.68. The highest BCUT2D eigenvalue weighted by Crippen LogP contribution is 2.27. The van der Waals surface area contributed by atoms with Crippen molar-refractivity contribution in [3.8, 4) is 0 Å². The van der Waals surface area contributed by atoms with Gasteiger partial charge in [0.05, 0.1) is 16.6 Å². The number of halogens is 2. The molecule has 7 heteroatoms. The second-order valence-electron chi connectivity index (χ2n) is 4.41. The fourth-order valence-corrected chi connectivity index (χ4v) is 2.93. The Morgan fingerprint density at radius 3 is 2.25 bits per heavy atom. The van der Waals surface area contributed by atoms with E-state index in [0.717, 1.165) is 11.0 Å². The normalized spacial score (nSPS) is 11.6. The molecule has 0 amide bonds. The molecule has 0 N–H and O–H groups in total. The minimum absolute atomic E-state index is 0.0320. The molecule has 0 atom stereocenters. The van der Waals surface area contributed by atoms with Gasteiger partial charge in [-0.25, -0.2) is 14.8 Å². The average Bonchev–Trinajstić information content (AvgIpc) is 2.66. The molecule has 0 radical (unpaired) electrons. The van der Waals surface area contributed by atoms with Crippen molar-refractivity contribution in [2.45, 2.75) is 26.9 Å². The van der Waals surface area contributed by atoms with E-state index in [9.17, 15) is 4.79 Å². The van der Waals surface area contributed by atoms with Crippen molar-refractivity contribution in [1.82, 2.24) is 19.1 Å². The molecule has 0 saturated heterocycles. The van der Waals surface area contributed by atoms with E-state index in [1.807, 2.05) is 26.0 Å². The fraction of sp³-hybridized carbons (Fsp3) is 0.308. The van der Waals surface area contributed by atoms with Crippen LogP contribution in [0.5, 0.6) is 0 Å². The van der Waals surface area contributed by atoms with Crippen molar-refractivity contribution in [2.75, 3.05) is 0 Å². The summed E-state index contributed by atoms with van der Waals surface area (Å²) in [5, 5.41) is 1.09. The van der Waals surface area contributed by atoms with E-state index in [2.05, 4.69) is 9.97 Å². The largest absolute Gasteiger partial charge is 0.329 e. The Labute approximate surface area is 124 Å². The first-order valence-corrected chi connectivity index (χ1v) is 7.08. The summed E-state index contributed by atoms with van der Waals surface area (Å²) < 4.78 is 3.42. The first kappa shape index (κ1) is 13.4. The molecule has 1 aromatic carbocycles. The Bertz CT molecular complexity index is 882. The number of aromatic nitrogens is 4. The molecular formula is C13H12Cl2N4O. The van der Waals surface area contributed by atoms with Crippen molar-refractivity contribution >= 4 is 45.1 Å². The molecular weight excluding hydrogens is 299 g/mol. The third kappa shape index (κ3) is 1.81. The van der Waals surface area contributed by atoms with Gasteiger partial charge in [-0.1, -0.05) is 11.6 Å². The van der Waals surface area contributed by atoms with E-state index in [1.54, 1.807) is 9.13 Å². The minimum atomic E-state index is -0.0320. The molecule has 0 fully saturated rings. The molecule has 2 heterocycles. The monoisotopic (exact) mass is 310 g/mol. The SMILES string of the molecule is CCn1c(=O)n(CC)c2cc3c(Cl)nc(Cl)nc3cc21. The van der Waals surface area contributed by atoms with E-state index in [-0.39, 0.29) is 11.0 Å². The topological polar surface area (TPSA) is 52.7 Å². The van der Waals surface area contributed by atoms with Crippen LogP contribution in [0.4, 0.5) is 0 Å². The Morgan fingerprint density at radius 1 is 1.05 bits per heavy atom. The second kappa shape index (κ2) is 4.75. The van der Waals surface area contributed by atoms with Crippen LogP contribution in [0.15, 0.2) is 16.9 Å². The predicted octanol–water partition coefficient (Wildman–Crippen LogP) is 3.09. The molecule has 20 heavy (non-hydrogen) atoms. The first-order chi connectivity index (χ1) is 9.56. The maximum atomic E-state index is 12.3. The standard InChI is InChI=1S/C13H12Cl2N4O/c1-3-18-9-5-7-8(16-12(15)17-11(7)14)6-10(9)19(4-2)13(18)20/h5-6H,3-4H2,1-2H3. The van der Waals surface area contributed by atoms with E-state index in [1.165, 1.54) is 0 Å². The van der Waals surface area contributed by atoms with Crippen LogP contribution < -0.4 is 5.69 Å². The van der Waals surface area contributed by atoms with E-state index < -0.39 is 0 Å². The van der Waals surface area contributed by atoms with Crippen LogP contribution in [0.3, 0.4) is 0 Å². The smallest absolute Gasteiger partial charge is 0.292 e. The first-order valence-electron chi connectivity index (χ1n) is 6.32. The third-order valence-electron chi connectivity index (χ3n) is 3.39. The molecule has 2 aromatic heterocycles. The lowest BCUT2D eigenvalue weighted by Crippen LogP contribution is -2.22. The van der Waals surface area contributed by atoms with E-state index in [0.29, 0.717) is 29.1 Å². The van der Waals surface area contributed by atoms with Crippen molar-refractivity contribution in [1.29, 1.82) is 0 Å². The maximum absolute atomic E-state index is 12.3. The number of hydrogen-bond donors (Lipinski definition) is 0. The van der Waals surface area contributed by atoms with Crippen LogP contribution in [-0.2, 0) is 13.1 Å². The molecule has 0 aliphatic heterocycles. The van der Waals surface area contributed by atoms with Crippen LogP contribution >= 0.6 is 23.2 Å². The lowest BCUT2D eigenvalue weighted by atomic mass is 10.2. The van der Waals surface area contributed by atoms with Gasteiger partial charge in [0.2, 0.25) is 5.28 Å². The molecule has 0 aliphatic rings. The Hall–Kier alpha value is -1.59. The van der Waals surface area contributed by atoms with Gasteiger partial charge in [-0.3, -0.25) is 9.13 Å². The van der Waals surface area contributed by atoms with Gasteiger partial charge >= 0.3 is 5.69 Å². The fourth-order valence-electron chi connectivity index (χ4n) is 2.48. The summed E-state index contributed by atoms with van der Waals surface area (Å²) in [4.78, 5) is 20.4. The molecule has 3 rings (SSSR count). The average molecular weight is 311 g/mol. The van der Waals surface area contributed by atoms with Crippen LogP contribution in [0.25, 0.3) is 21.9 Å². The van der Waals surface area contributed by atoms with Crippen molar-refractivity contribution < 1.29 is 0 Å². The number of benzene rings is 1. The van der Waals surface area contributed by atoms with E-state index in [4.69, 9.17) is 23.2 Å². The van der Waals surface area contributed by atoms with Gasteiger partial charge in [0.1, 0.15) is 5.15 Å². The zero-order valence-electron chi connectivity index (χ0n) is 11.0. The number of imidazole rings is 1. The lowest BCUT2D eigenvalue weighted by molar-refractivity contribution is 0.671. The molecule has 0 spiro atoms. The zero-order valence-corrected chi connectivity index (χ0v) is 12.5. The molecule has 0 unspecified atom stereocenters. The van der Waals surface area contributed by atoms with Gasteiger partial charge in [0.15, 0.2) is 0 Å². The summed E-state index contributed by atoms with van der Waals surface area (Å²) in [5.74, 6) is 0. The summed E-state index contributed by atoms with van der Waals surface area (Å²) in [6.07, 6.45) is 0. The summed E-state index contributed by atoms with van der Waals surface area (Å²) >= 11 is 11.9. The second-order valence-corrected chi connectivity index (χ2v) is 5.11. The summed E-state index contributed by atoms with van der Waals surface area (Å²) in [7, 11) is 0. The lowest BCUT2D eigenvalue weighted by Gasteiger charge is -2.03. The van der Waals surface area contributed by atoms with Crippen molar-refractivity contribution in [3.63, 3.8) is 0 Å². The maximum Gasteiger partial charge on any atom is 0.329 e. The number of rotatable bonds is 2. The van der Waals surface area contributed by atoms with Gasteiger partial charge in [-0.05, 0) is 37.6 Å². The number of aryl methyl sites for hydroxylation is 2. The van der Waals surface area contributed by atoms with Crippen molar-refractivity contribution in [3.05, 3.63) is 33.1 Å². The zero-order chi connectivity index (χ0) is 14.4. The Balaban J connectivity index is 2.54. The predicted molar refractivity (Wildman–Crippen MR) is 80.7 cm³/mol. The van der Waals surface area contributed by atoms with E-state index >= 15 is 0 Å². The molecule has 3 aromatic rings. The summed E-state index contributed by atoms with van der Waals surface area (Å²) in [6.45, 7) is 5.07. The highest BCUT2D eigenvalue weighted by molar-refractivity contribution is 6.36. The van der Waals surface area contributed by atoms with Crippen LogP contribution in [-0.4, -0.2) is 19.1 Å². The van der Waals surface area contributed by atoms with Crippen LogP contribution in [0, 0.1) is 0 Å². The number of hydrogen-bond acceptors (Lipinski definition) is 3. The Morgan fingerprint density at radius 2 is 1.65 bits per heavy atom. The van der Waals surface area contributed by atoms with Crippen LogP contribution in [0.1, 0.15) is 13.8 Å². The molecule has 0 saturated carbocycles. The molecule has 5 nitrogen and oxygen atoms in total. The van der Waals surface area contributed by atoms with Gasteiger partial charge in [-0.2, -0.15) is 0 Å². The molecule has 104 valence electrons. The highest BCUT2D eigenvalue weighted by atomic mass is 35.5. The summed E-state index contributed by atoms with van der Waals surface area (Å²) in [5.41, 5.74) is 2.27. The van der Waals surface area contributed by atoms with Gasteiger partial charge in [-0.15, -0.1) is 0 Å². The van der Waals surface area contributed by atoms with Gasteiger partial charge < -0.3 is 0 Å². The van der Waals surface area contributed by atoms with Crippen molar-refractivity contribution in [2.24, 2.45) is 0 Å². The van der Waals surface area contributed by atoms with Gasteiger partial charge in [0.25, 0.3) is 0 Å². The van der Waals surface area contributed by atoms with Crippen LogP contribution in [0.2, 0.25) is 10.4 Å². The number of nitrogens with zero attached hydrogens (tertiary/aromatic N) is 4. The van der Waals surface area contributed by atoms with Gasteiger partial charge in [0, 0.05) is 18.5 Å².